The van der Waals surface area contributed by atoms with Crippen molar-refractivity contribution in [2.24, 2.45) is 0 Å². The van der Waals surface area contributed by atoms with Crippen LogP contribution < -0.4 is 10.1 Å². The second-order valence-electron chi connectivity index (χ2n) is 6.70. The zero-order valence-corrected chi connectivity index (χ0v) is 16.4. The zero-order valence-electron chi connectivity index (χ0n) is 16.4. The minimum Gasteiger partial charge on any atom is -0.497 e. The normalized spacial score (nSPS) is 10.6. The second kappa shape index (κ2) is 8.61. The first-order valence-electron chi connectivity index (χ1n) is 9.46. The summed E-state index contributed by atoms with van der Waals surface area (Å²) in [5, 5.41) is 7.54. The van der Waals surface area contributed by atoms with Gasteiger partial charge in [0.25, 0.3) is 5.91 Å². The van der Waals surface area contributed by atoms with E-state index in [1.54, 1.807) is 42.1 Å². The summed E-state index contributed by atoms with van der Waals surface area (Å²) in [5.74, 6) is 0.129. The number of ether oxygens (including phenoxy) is 1. The van der Waals surface area contributed by atoms with Gasteiger partial charge in [-0.15, -0.1) is 0 Å². The highest BCUT2D eigenvalue weighted by Gasteiger charge is 2.18. The fourth-order valence-electron chi connectivity index (χ4n) is 3.09. The first kappa shape index (κ1) is 19.4. The third-order valence-electron chi connectivity index (χ3n) is 4.69. The molecule has 0 saturated heterocycles. The quantitative estimate of drug-likeness (QED) is 0.513. The number of hydrogen-bond donors (Lipinski definition) is 1. The van der Waals surface area contributed by atoms with Crippen LogP contribution in [0.3, 0.4) is 0 Å². The highest BCUT2D eigenvalue weighted by Crippen LogP contribution is 2.23. The molecule has 1 N–H and O–H groups in total. The molecule has 1 amide bonds. The summed E-state index contributed by atoms with van der Waals surface area (Å²) in [6, 6.07) is 24.7. The molecule has 6 heteroatoms. The van der Waals surface area contributed by atoms with E-state index in [1.807, 2.05) is 42.5 Å². The van der Waals surface area contributed by atoms with Gasteiger partial charge in [0.2, 0.25) is 0 Å². The molecular formula is C24H20FN3O2. The Bertz CT molecular complexity index is 1140. The minimum absolute atomic E-state index is 0.254. The Morgan fingerprint density at radius 1 is 1.00 bits per heavy atom. The number of carbonyl (C=O) groups is 1. The third kappa shape index (κ3) is 4.22. The lowest BCUT2D eigenvalue weighted by atomic mass is 10.1. The lowest BCUT2D eigenvalue weighted by molar-refractivity contribution is 0.0943. The Labute approximate surface area is 173 Å². The number of benzene rings is 3. The highest BCUT2D eigenvalue weighted by atomic mass is 19.1. The van der Waals surface area contributed by atoms with Crippen LogP contribution in [0.15, 0.2) is 84.9 Å². The monoisotopic (exact) mass is 401 g/mol. The molecule has 0 atom stereocenters. The molecular weight excluding hydrogens is 381 g/mol. The third-order valence-corrected chi connectivity index (χ3v) is 4.69. The first-order chi connectivity index (χ1) is 14.6. The predicted octanol–water partition coefficient (Wildman–Crippen LogP) is 4.62. The summed E-state index contributed by atoms with van der Waals surface area (Å²) in [6.07, 6.45) is 0. The molecule has 1 heterocycles. The molecule has 150 valence electrons. The maximum absolute atomic E-state index is 13.3. The zero-order chi connectivity index (χ0) is 20.9. The van der Waals surface area contributed by atoms with Crippen LogP contribution in [0.4, 0.5) is 4.39 Å². The van der Waals surface area contributed by atoms with Crippen LogP contribution in [0.25, 0.3) is 16.9 Å². The van der Waals surface area contributed by atoms with Crippen molar-refractivity contribution >= 4 is 5.91 Å². The van der Waals surface area contributed by atoms with E-state index in [2.05, 4.69) is 10.4 Å². The van der Waals surface area contributed by atoms with Crippen LogP contribution in [0.2, 0.25) is 0 Å². The summed E-state index contributed by atoms with van der Waals surface area (Å²) in [4.78, 5) is 13.0. The molecule has 1 aromatic heterocycles. The van der Waals surface area contributed by atoms with Crippen molar-refractivity contribution < 1.29 is 13.9 Å². The number of nitrogens with one attached hydrogen (secondary N) is 1. The van der Waals surface area contributed by atoms with E-state index in [0.717, 1.165) is 11.1 Å². The molecule has 4 aromatic rings. The van der Waals surface area contributed by atoms with Crippen LogP contribution in [-0.2, 0) is 6.54 Å². The summed E-state index contributed by atoms with van der Waals surface area (Å²) >= 11 is 0. The van der Waals surface area contributed by atoms with Crippen LogP contribution in [0.1, 0.15) is 16.1 Å². The molecule has 4 rings (SSSR count). The van der Waals surface area contributed by atoms with E-state index < -0.39 is 0 Å². The van der Waals surface area contributed by atoms with Gasteiger partial charge in [-0.25, -0.2) is 9.07 Å². The topological polar surface area (TPSA) is 56.2 Å². The molecule has 5 nitrogen and oxygen atoms in total. The summed E-state index contributed by atoms with van der Waals surface area (Å²) in [7, 11) is 1.60. The molecule has 0 fully saturated rings. The molecule has 0 aliphatic heterocycles. The van der Waals surface area contributed by atoms with Gasteiger partial charge in [0.15, 0.2) is 0 Å². The fraction of sp³-hybridized carbons (Fsp3) is 0.0833. The van der Waals surface area contributed by atoms with E-state index >= 15 is 0 Å². The average Bonchev–Trinajstić information content (AvgIpc) is 3.24. The standard InChI is InChI=1S/C24H20FN3O2/c1-30-21-13-11-20(12-14-21)28-23(24(29)26-16-17-5-3-2-4-6-17)15-22(27-28)18-7-9-19(25)10-8-18/h2-15H,16H2,1H3,(H,26,29). The highest BCUT2D eigenvalue weighted by molar-refractivity contribution is 5.94. The molecule has 0 radical (unpaired) electrons. The summed E-state index contributed by atoms with van der Waals surface area (Å²) in [5.41, 5.74) is 3.40. The number of nitrogens with zero attached hydrogens (tertiary/aromatic N) is 2. The average molecular weight is 401 g/mol. The van der Waals surface area contributed by atoms with Crippen LogP contribution in [-0.4, -0.2) is 22.8 Å². The Morgan fingerprint density at radius 3 is 2.37 bits per heavy atom. The maximum Gasteiger partial charge on any atom is 0.270 e. The van der Waals surface area contributed by atoms with Crippen LogP contribution in [0.5, 0.6) is 5.75 Å². The Hall–Kier alpha value is -3.93. The number of rotatable bonds is 6. The van der Waals surface area contributed by atoms with E-state index in [1.165, 1.54) is 12.1 Å². The number of methoxy groups -OCH3 is 1. The minimum atomic E-state index is -0.325. The molecule has 0 aliphatic rings. The number of aromatic nitrogens is 2. The molecule has 30 heavy (non-hydrogen) atoms. The van der Waals surface area contributed by atoms with Crippen LogP contribution >= 0.6 is 0 Å². The van der Waals surface area contributed by atoms with Crippen molar-refractivity contribution in [2.45, 2.75) is 6.54 Å². The Balaban J connectivity index is 1.68. The van der Waals surface area contributed by atoms with Gasteiger partial charge in [0, 0.05) is 12.1 Å². The molecule has 0 aliphatic carbocycles. The summed E-state index contributed by atoms with van der Waals surface area (Å²) < 4.78 is 20.1. The lowest BCUT2D eigenvalue weighted by Gasteiger charge is -2.09. The number of carbonyl (C=O) groups excluding carboxylic acids is 1. The van der Waals surface area contributed by atoms with Gasteiger partial charge in [0.05, 0.1) is 18.5 Å². The van der Waals surface area contributed by atoms with Gasteiger partial charge in [-0.1, -0.05) is 30.3 Å². The van der Waals surface area contributed by atoms with Crippen LogP contribution in [0, 0.1) is 5.82 Å². The van der Waals surface area contributed by atoms with E-state index in [4.69, 9.17) is 4.74 Å². The SMILES string of the molecule is COc1ccc(-n2nc(-c3ccc(F)cc3)cc2C(=O)NCc2ccccc2)cc1. The van der Waals surface area contributed by atoms with E-state index in [-0.39, 0.29) is 11.7 Å². The molecule has 0 unspecified atom stereocenters. The lowest BCUT2D eigenvalue weighted by Crippen LogP contribution is -2.25. The molecule has 0 saturated carbocycles. The smallest absolute Gasteiger partial charge is 0.270 e. The van der Waals surface area contributed by atoms with Crippen molar-refractivity contribution in [3.05, 3.63) is 102 Å². The molecule has 3 aromatic carbocycles. The van der Waals surface area contributed by atoms with Gasteiger partial charge in [-0.3, -0.25) is 4.79 Å². The Kier molecular flexibility index (Phi) is 5.57. The maximum atomic E-state index is 13.3. The second-order valence-corrected chi connectivity index (χ2v) is 6.70. The van der Waals surface area contributed by atoms with Crippen molar-refractivity contribution in [3.8, 4) is 22.7 Å². The number of amides is 1. The van der Waals surface area contributed by atoms with Gasteiger partial charge in [-0.2, -0.15) is 5.10 Å². The van der Waals surface area contributed by atoms with Gasteiger partial charge in [0.1, 0.15) is 17.3 Å². The number of hydrogen-bond acceptors (Lipinski definition) is 3. The van der Waals surface area contributed by atoms with Crippen molar-refractivity contribution in [2.75, 3.05) is 7.11 Å². The predicted molar refractivity (Wildman–Crippen MR) is 113 cm³/mol. The van der Waals surface area contributed by atoms with E-state index in [0.29, 0.717) is 29.4 Å². The number of halogens is 1. The van der Waals surface area contributed by atoms with Crippen molar-refractivity contribution in [3.63, 3.8) is 0 Å². The van der Waals surface area contributed by atoms with Gasteiger partial charge in [-0.05, 0) is 60.2 Å². The van der Waals surface area contributed by atoms with Crippen molar-refractivity contribution in [1.82, 2.24) is 15.1 Å². The summed E-state index contributed by atoms with van der Waals surface area (Å²) in [6.45, 7) is 0.402. The van der Waals surface area contributed by atoms with Crippen molar-refractivity contribution in [1.29, 1.82) is 0 Å². The largest absolute Gasteiger partial charge is 0.497 e. The van der Waals surface area contributed by atoms with Gasteiger partial charge < -0.3 is 10.1 Å². The first-order valence-corrected chi connectivity index (χ1v) is 9.46. The fourth-order valence-corrected chi connectivity index (χ4v) is 3.09. The molecule has 0 bridgehead atoms. The van der Waals surface area contributed by atoms with E-state index in [9.17, 15) is 9.18 Å². The molecule has 0 spiro atoms. The van der Waals surface area contributed by atoms with Gasteiger partial charge >= 0.3 is 0 Å². The Morgan fingerprint density at radius 2 is 1.70 bits per heavy atom.